The van der Waals surface area contributed by atoms with E-state index in [1.54, 1.807) is 89.3 Å². The number of amides is 1. The smallest absolute Gasteiger partial charge is 0.850 e. The van der Waals surface area contributed by atoms with Gasteiger partial charge in [-0.3, -0.25) is 24.5 Å². The third-order valence-corrected chi connectivity index (χ3v) is 7.71. The first-order valence-electron chi connectivity index (χ1n) is 17.0. The number of nitrogens with zero attached hydrogens (tertiary/aromatic N) is 10. The van der Waals surface area contributed by atoms with Crippen LogP contribution in [-0.4, -0.2) is 68.1 Å². The third kappa shape index (κ3) is 16.6. The standard InChI is InChI=1S/C12H13ClN4O.C11H10ClN3O.C11H12ClN3.C4H9O.CH4.Na/c1-3-16(9(2)18)11-8-17(15-12(11)13)10-5-4-6-14-7-10;1-8(16)5-9-7-15(14-11(9)12)10-3-2-4-13-6-10;1-2-4-9-8-15(14-11(9)12)10-5-3-6-13-7-10;1-4(2,3)5;;/h4-8H,3H2,1-2H3;2-4,6-7H,5H2,1H3;3,5-8H,2,4H2,1H3;1-3H3;1H4;/q;;;-1;;+1. The maximum absolute atomic E-state index is 11.5. The van der Waals surface area contributed by atoms with Crippen molar-refractivity contribution < 1.29 is 44.3 Å². The van der Waals surface area contributed by atoms with Crippen LogP contribution in [-0.2, 0) is 22.4 Å². The Morgan fingerprint density at radius 1 is 0.714 bits per heavy atom. The van der Waals surface area contributed by atoms with E-state index in [4.69, 9.17) is 34.8 Å². The van der Waals surface area contributed by atoms with Gasteiger partial charge in [-0.1, -0.05) is 76.3 Å². The summed E-state index contributed by atoms with van der Waals surface area (Å²) in [6.07, 6.45) is 18.0. The molecule has 17 heteroatoms. The molecule has 0 aliphatic carbocycles. The average Bonchev–Trinajstić information content (AvgIpc) is 3.82. The van der Waals surface area contributed by atoms with Gasteiger partial charge >= 0.3 is 29.6 Å². The van der Waals surface area contributed by atoms with E-state index in [-0.39, 0.29) is 48.7 Å². The third-order valence-electron chi connectivity index (χ3n) is 6.81. The Kier molecular flexibility index (Phi) is 22.0. The Labute approximate surface area is 366 Å². The molecule has 0 atom stereocenters. The molecule has 1 amide bonds. The number of rotatable bonds is 9. The van der Waals surface area contributed by atoms with Crippen molar-refractivity contribution in [1.29, 1.82) is 0 Å². The quantitative estimate of drug-likeness (QED) is 0.183. The minimum atomic E-state index is -0.750. The number of aryl methyl sites for hydroxylation is 1. The fourth-order valence-corrected chi connectivity index (χ4v) is 5.21. The molecule has 0 saturated carbocycles. The normalized spacial score (nSPS) is 10.2. The first-order chi connectivity index (χ1) is 25.6. The van der Waals surface area contributed by atoms with E-state index < -0.39 is 5.60 Å². The number of hydrogen-bond acceptors (Lipinski definition) is 9. The molecule has 13 nitrogen and oxygen atoms in total. The molecule has 0 aromatic carbocycles. The molecule has 0 aliphatic heterocycles. The van der Waals surface area contributed by atoms with E-state index in [0.29, 0.717) is 34.1 Å². The van der Waals surface area contributed by atoms with Gasteiger partial charge in [0.2, 0.25) is 5.91 Å². The molecule has 0 fully saturated rings. The van der Waals surface area contributed by atoms with Crippen LogP contribution in [0.1, 0.15) is 73.4 Å². The molecule has 0 N–H and O–H groups in total. The van der Waals surface area contributed by atoms with Crippen molar-refractivity contribution in [3.8, 4) is 17.1 Å². The molecule has 0 aliphatic rings. The Morgan fingerprint density at radius 2 is 1.11 bits per heavy atom. The van der Waals surface area contributed by atoms with Crippen molar-refractivity contribution in [2.75, 3.05) is 11.4 Å². The molecule has 0 spiro atoms. The monoisotopic (exact) mass is 832 g/mol. The van der Waals surface area contributed by atoms with Gasteiger partial charge in [0, 0.05) is 62.0 Å². The fraction of sp³-hybridized carbons (Fsp3) is 0.333. The minimum absolute atomic E-state index is 0. The summed E-state index contributed by atoms with van der Waals surface area (Å²) in [4.78, 5) is 36.1. The van der Waals surface area contributed by atoms with Gasteiger partial charge in [0.1, 0.15) is 11.5 Å². The van der Waals surface area contributed by atoms with E-state index in [0.717, 1.165) is 41.0 Å². The molecule has 0 bridgehead atoms. The summed E-state index contributed by atoms with van der Waals surface area (Å²) in [5.41, 5.74) is 4.22. The summed E-state index contributed by atoms with van der Waals surface area (Å²) in [5, 5.41) is 23.9. The number of pyridine rings is 3. The Hall–Kier alpha value is -3.95. The predicted molar refractivity (Wildman–Crippen MR) is 218 cm³/mol. The van der Waals surface area contributed by atoms with Crippen molar-refractivity contribution in [1.82, 2.24) is 44.3 Å². The van der Waals surface area contributed by atoms with Crippen molar-refractivity contribution in [2.45, 2.75) is 80.8 Å². The van der Waals surface area contributed by atoms with Gasteiger partial charge in [-0.15, -0.1) is 5.60 Å². The topological polar surface area (TPSA) is 153 Å². The molecule has 56 heavy (non-hydrogen) atoms. The maximum atomic E-state index is 11.5. The van der Waals surface area contributed by atoms with Gasteiger partial charge in [0.05, 0.1) is 41.8 Å². The first kappa shape index (κ1) is 50.1. The van der Waals surface area contributed by atoms with Crippen LogP contribution in [0.2, 0.25) is 15.5 Å². The molecule has 6 aromatic rings. The van der Waals surface area contributed by atoms with Crippen LogP contribution >= 0.6 is 34.8 Å². The molecule has 6 heterocycles. The van der Waals surface area contributed by atoms with Crippen LogP contribution < -0.4 is 39.6 Å². The largest absolute Gasteiger partial charge is 1.00 e. The summed E-state index contributed by atoms with van der Waals surface area (Å²) in [7, 11) is 0. The second kappa shape index (κ2) is 24.6. The minimum Gasteiger partial charge on any atom is -0.850 e. The summed E-state index contributed by atoms with van der Waals surface area (Å²) in [6, 6.07) is 11.2. The Morgan fingerprint density at radius 3 is 1.46 bits per heavy atom. The number of carbonyl (C=O) groups excluding carboxylic acids is 2. The van der Waals surface area contributed by atoms with Crippen LogP contribution in [0.15, 0.2) is 92.2 Å². The van der Waals surface area contributed by atoms with E-state index in [1.807, 2.05) is 49.5 Å². The molecule has 0 saturated heterocycles. The van der Waals surface area contributed by atoms with Crippen molar-refractivity contribution >= 4 is 52.2 Å². The van der Waals surface area contributed by atoms with Crippen LogP contribution in [0.5, 0.6) is 0 Å². The Balaban J connectivity index is 0.000000390. The zero-order valence-corrected chi connectivity index (χ0v) is 36.6. The summed E-state index contributed by atoms with van der Waals surface area (Å²) < 4.78 is 4.99. The first-order valence-corrected chi connectivity index (χ1v) is 18.2. The predicted octanol–water partition coefficient (Wildman–Crippen LogP) is 5.00. The number of anilines is 1. The molecular weight excluding hydrogens is 786 g/mol. The zero-order chi connectivity index (χ0) is 39.8. The van der Waals surface area contributed by atoms with Crippen molar-refractivity contribution in [3.63, 3.8) is 0 Å². The van der Waals surface area contributed by atoms with Crippen LogP contribution in [0.3, 0.4) is 0 Å². The molecule has 0 radical (unpaired) electrons. The average molecular weight is 834 g/mol. The van der Waals surface area contributed by atoms with Gasteiger partial charge in [0.25, 0.3) is 0 Å². The summed E-state index contributed by atoms with van der Waals surface area (Å²) in [6.45, 7) is 12.5. The molecular formula is C39H48Cl3N10NaO3. The van der Waals surface area contributed by atoms with E-state index in [1.165, 1.54) is 13.8 Å². The molecule has 294 valence electrons. The number of aromatic nitrogens is 9. The Bertz CT molecular complexity index is 2050. The SMILES string of the molecule is C.CC(=O)Cc1cn(-c2cccnc2)nc1Cl.CC(C)(C)[O-].CCCc1cn(-c2cccnc2)nc1Cl.CCN(C(C)=O)c1cn(-c2cccnc2)nc1Cl.[Na+]. The van der Waals surface area contributed by atoms with E-state index in [2.05, 4.69) is 37.2 Å². The van der Waals surface area contributed by atoms with Crippen molar-refractivity contribution in [2.24, 2.45) is 0 Å². The number of halogens is 3. The van der Waals surface area contributed by atoms with Crippen LogP contribution in [0.25, 0.3) is 17.1 Å². The second-order valence-corrected chi connectivity index (χ2v) is 13.7. The fourth-order valence-electron chi connectivity index (χ4n) is 4.55. The van der Waals surface area contributed by atoms with Gasteiger partial charge in [0.15, 0.2) is 15.5 Å². The summed E-state index contributed by atoms with van der Waals surface area (Å²) >= 11 is 18.0. The molecule has 6 rings (SSSR count). The van der Waals surface area contributed by atoms with E-state index in [9.17, 15) is 14.7 Å². The number of hydrogen-bond donors (Lipinski definition) is 0. The van der Waals surface area contributed by atoms with Gasteiger partial charge in [-0.05, 0) is 56.7 Å². The zero-order valence-electron chi connectivity index (χ0n) is 32.3. The number of ketones is 1. The summed E-state index contributed by atoms with van der Waals surface area (Å²) in [5.74, 6) is -0.00206. The van der Waals surface area contributed by atoms with E-state index >= 15 is 0 Å². The van der Waals surface area contributed by atoms with Crippen LogP contribution in [0.4, 0.5) is 5.69 Å². The van der Waals surface area contributed by atoms with Crippen LogP contribution in [0, 0.1) is 0 Å². The number of carbonyl (C=O) groups is 2. The van der Waals surface area contributed by atoms with Gasteiger partial charge in [-0.2, -0.15) is 15.3 Å². The second-order valence-electron chi connectivity index (χ2n) is 12.7. The number of Topliss-reactive ketones (excluding diaryl/α,β-unsaturated/α-hetero) is 1. The molecule has 6 aromatic heterocycles. The van der Waals surface area contributed by atoms with Crippen molar-refractivity contribution in [3.05, 3.63) is 119 Å². The van der Waals surface area contributed by atoms with Gasteiger partial charge < -0.3 is 10.0 Å². The van der Waals surface area contributed by atoms with Gasteiger partial charge in [-0.25, -0.2) is 14.0 Å². The molecule has 0 unspecified atom stereocenters. The maximum Gasteiger partial charge on any atom is 1.00 e.